The molecular weight excluding hydrogens is 571 g/mol. The van der Waals surface area contributed by atoms with E-state index in [9.17, 15) is 0 Å². The van der Waals surface area contributed by atoms with Crippen LogP contribution in [0.3, 0.4) is 0 Å². The maximum Gasteiger partial charge on any atom is 0.139 e. The molecule has 0 bridgehead atoms. The van der Waals surface area contributed by atoms with Gasteiger partial charge in [0.05, 0.1) is 16.7 Å². The Labute approximate surface area is 262 Å². The fourth-order valence-corrected chi connectivity index (χ4v) is 8.78. The molecule has 2 aliphatic rings. The minimum Gasteiger partial charge on any atom is -0.456 e. The fraction of sp³-hybridized carbons (Fsp3) is 0. The molecule has 0 fully saturated rings. The Morgan fingerprint density at radius 2 is 0.822 bits per heavy atom. The molecule has 0 saturated carbocycles. The van der Waals surface area contributed by atoms with Gasteiger partial charge in [-0.1, -0.05) is 78.9 Å². The van der Waals surface area contributed by atoms with Crippen LogP contribution in [0, 0.1) is 0 Å². The van der Waals surface area contributed by atoms with Crippen molar-refractivity contribution in [3.63, 3.8) is 0 Å². The van der Waals surface area contributed by atoms with Crippen LogP contribution < -0.4 is 25.4 Å². The van der Waals surface area contributed by atoms with Gasteiger partial charge >= 0.3 is 0 Å². The van der Waals surface area contributed by atoms with E-state index in [0.29, 0.717) is 0 Å². The third kappa shape index (κ3) is 4.50. The Hall–Kier alpha value is -5.57. The van der Waals surface area contributed by atoms with Crippen LogP contribution in [-0.4, -0.2) is 9.97 Å². The molecule has 5 heteroatoms. The van der Waals surface area contributed by atoms with Gasteiger partial charge in [0.2, 0.25) is 0 Å². The number of hydrogen-bond donors (Lipinski definition) is 0. The second kappa shape index (κ2) is 10.6. The average molecular weight is 597 g/mol. The Bertz CT molecular complexity index is 2050. The van der Waals surface area contributed by atoms with Crippen LogP contribution in [0.25, 0.3) is 44.8 Å². The average Bonchev–Trinajstić information content (AvgIpc) is 3.12. The van der Waals surface area contributed by atoms with Gasteiger partial charge in [-0.25, -0.2) is 0 Å². The van der Waals surface area contributed by atoms with E-state index < -0.39 is 7.92 Å². The quantitative estimate of drug-likeness (QED) is 0.190. The van der Waals surface area contributed by atoms with Crippen LogP contribution in [-0.2, 0) is 0 Å². The predicted molar refractivity (Wildman–Crippen MR) is 183 cm³/mol. The first kappa shape index (κ1) is 25.9. The number of fused-ring (bicyclic) bond motifs is 4. The lowest BCUT2D eigenvalue weighted by Gasteiger charge is -2.35. The van der Waals surface area contributed by atoms with E-state index >= 15 is 0 Å². The zero-order valence-electron chi connectivity index (χ0n) is 24.1. The van der Waals surface area contributed by atoms with E-state index in [-0.39, 0.29) is 0 Å². The van der Waals surface area contributed by atoms with Gasteiger partial charge in [0.1, 0.15) is 23.0 Å². The van der Waals surface area contributed by atoms with E-state index in [4.69, 9.17) is 9.47 Å². The molecule has 0 aliphatic carbocycles. The summed E-state index contributed by atoms with van der Waals surface area (Å²) in [5, 5.41) is 3.53. The van der Waals surface area contributed by atoms with E-state index in [2.05, 4.69) is 107 Å². The standard InChI is InChI=1S/C40H25N2O2P/c1-3-22-41-32(6-1)28-14-10-26(11-15-28)30-18-20-34-38(24-30)45-39-25-31(27-12-16-29(17-13-27)33-7-2-4-23-42-33)19-21-35(39)44-37-9-5-8-36(43-34)40(37)45/h1-25H. The summed E-state index contributed by atoms with van der Waals surface area (Å²) in [7, 11) is -0.919. The molecule has 0 spiro atoms. The van der Waals surface area contributed by atoms with Crippen molar-refractivity contribution in [3.05, 3.63) is 152 Å². The number of rotatable bonds is 4. The van der Waals surface area contributed by atoms with Crippen molar-refractivity contribution in [2.45, 2.75) is 0 Å². The molecule has 0 unspecified atom stereocenters. The number of ether oxygens (including phenoxy) is 2. The number of nitrogens with zero attached hydrogens (tertiary/aromatic N) is 2. The normalized spacial score (nSPS) is 12.7. The molecule has 2 aromatic heterocycles. The molecule has 9 rings (SSSR count). The summed E-state index contributed by atoms with van der Waals surface area (Å²) in [6.07, 6.45) is 3.66. The molecule has 7 aromatic rings. The Morgan fingerprint density at radius 3 is 1.27 bits per heavy atom. The highest BCUT2D eigenvalue weighted by Gasteiger charge is 2.37. The lowest BCUT2D eigenvalue weighted by Crippen LogP contribution is -2.32. The van der Waals surface area contributed by atoms with Gasteiger partial charge in [0.25, 0.3) is 0 Å². The summed E-state index contributed by atoms with van der Waals surface area (Å²) in [6.45, 7) is 0. The molecule has 0 N–H and O–H groups in total. The molecule has 0 saturated heterocycles. The van der Waals surface area contributed by atoms with E-state index in [0.717, 1.165) is 73.1 Å². The highest BCUT2D eigenvalue weighted by atomic mass is 31.1. The SMILES string of the molecule is c1ccc(-c2ccc(-c3ccc4c(c3)P3c5cc(-c6ccc(-c7ccccn7)cc6)ccc5Oc5cccc(c53)O4)cc2)nc1. The van der Waals surface area contributed by atoms with Crippen LogP contribution >= 0.6 is 7.92 Å². The Balaban J connectivity index is 1.13. The summed E-state index contributed by atoms with van der Waals surface area (Å²) < 4.78 is 13.0. The van der Waals surface area contributed by atoms with E-state index in [1.807, 2.05) is 54.9 Å². The second-order valence-electron chi connectivity index (χ2n) is 11.1. The number of pyridine rings is 2. The monoisotopic (exact) mass is 596 g/mol. The van der Waals surface area contributed by atoms with Gasteiger partial charge in [-0.15, -0.1) is 0 Å². The van der Waals surface area contributed by atoms with Crippen molar-refractivity contribution in [1.29, 1.82) is 0 Å². The third-order valence-electron chi connectivity index (χ3n) is 8.38. The number of hydrogen-bond acceptors (Lipinski definition) is 4. The zero-order chi connectivity index (χ0) is 29.7. The van der Waals surface area contributed by atoms with Gasteiger partial charge < -0.3 is 9.47 Å². The molecular formula is C40H25N2O2P. The molecule has 4 nitrogen and oxygen atoms in total. The molecule has 0 atom stereocenters. The van der Waals surface area contributed by atoms with Crippen LogP contribution in [0.4, 0.5) is 0 Å². The maximum atomic E-state index is 6.50. The summed E-state index contributed by atoms with van der Waals surface area (Å²) in [6, 6.07) is 48.5. The maximum absolute atomic E-state index is 6.50. The van der Waals surface area contributed by atoms with Gasteiger partial charge in [0, 0.05) is 42.1 Å². The molecule has 2 aliphatic heterocycles. The Morgan fingerprint density at radius 1 is 0.378 bits per heavy atom. The Kier molecular flexibility index (Phi) is 6.07. The van der Waals surface area contributed by atoms with Gasteiger partial charge in [-0.3, -0.25) is 9.97 Å². The lowest BCUT2D eigenvalue weighted by molar-refractivity contribution is 0.466. The van der Waals surface area contributed by atoms with Crippen LogP contribution in [0.5, 0.6) is 23.0 Å². The molecule has 5 aromatic carbocycles. The lowest BCUT2D eigenvalue weighted by atomic mass is 10.0. The smallest absolute Gasteiger partial charge is 0.139 e. The first-order valence-corrected chi connectivity index (χ1v) is 16.2. The van der Waals surface area contributed by atoms with Crippen molar-refractivity contribution in [2.24, 2.45) is 0 Å². The third-order valence-corrected chi connectivity index (χ3v) is 10.9. The van der Waals surface area contributed by atoms with Crippen molar-refractivity contribution >= 4 is 23.8 Å². The second-order valence-corrected chi connectivity index (χ2v) is 13.2. The number of benzene rings is 5. The first-order valence-electron chi connectivity index (χ1n) is 14.9. The van der Waals surface area contributed by atoms with Gasteiger partial charge in [-0.2, -0.15) is 0 Å². The highest BCUT2D eigenvalue weighted by molar-refractivity contribution is 7.80. The summed E-state index contributed by atoms with van der Waals surface area (Å²) in [4.78, 5) is 9.01. The molecule has 45 heavy (non-hydrogen) atoms. The van der Waals surface area contributed by atoms with Crippen LogP contribution in [0.1, 0.15) is 0 Å². The van der Waals surface area contributed by atoms with Crippen LogP contribution in [0.15, 0.2) is 152 Å². The minimum atomic E-state index is -0.919. The summed E-state index contributed by atoms with van der Waals surface area (Å²) in [5.74, 6) is 3.54. The van der Waals surface area contributed by atoms with Gasteiger partial charge in [0.15, 0.2) is 0 Å². The largest absolute Gasteiger partial charge is 0.456 e. The van der Waals surface area contributed by atoms with E-state index in [1.54, 1.807) is 0 Å². The molecule has 212 valence electrons. The van der Waals surface area contributed by atoms with Crippen molar-refractivity contribution in [2.75, 3.05) is 0 Å². The minimum absolute atomic E-state index is 0.870. The molecule has 0 amide bonds. The van der Waals surface area contributed by atoms with E-state index in [1.165, 1.54) is 10.6 Å². The molecule has 4 heterocycles. The number of aromatic nitrogens is 2. The topological polar surface area (TPSA) is 44.2 Å². The van der Waals surface area contributed by atoms with Crippen LogP contribution in [0.2, 0.25) is 0 Å². The van der Waals surface area contributed by atoms with Crippen molar-refractivity contribution in [1.82, 2.24) is 9.97 Å². The fourth-order valence-electron chi connectivity index (χ4n) is 6.14. The zero-order valence-corrected chi connectivity index (χ0v) is 25.0. The first-order chi connectivity index (χ1) is 22.3. The summed E-state index contributed by atoms with van der Waals surface area (Å²) in [5.41, 5.74) is 8.76. The van der Waals surface area contributed by atoms with Gasteiger partial charge in [-0.05, 0) is 82.9 Å². The molecule has 0 radical (unpaired) electrons. The van der Waals surface area contributed by atoms with Crippen molar-refractivity contribution in [3.8, 4) is 67.8 Å². The predicted octanol–water partition coefficient (Wildman–Crippen LogP) is 9.11. The highest BCUT2D eigenvalue weighted by Crippen LogP contribution is 2.53. The summed E-state index contributed by atoms with van der Waals surface area (Å²) >= 11 is 0. The van der Waals surface area contributed by atoms with Crippen molar-refractivity contribution < 1.29 is 9.47 Å².